The molecule has 5 rings (SSSR count). The van der Waals surface area contributed by atoms with E-state index in [-0.39, 0.29) is 328 Å². The van der Waals surface area contributed by atoms with Crippen LogP contribution in [-0.4, -0.2) is 58.0 Å². The fourth-order valence-electron chi connectivity index (χ4n) is 6.23. The molecule has 0 aromatic heterocycles. The van der Waals surface area contributed by atoms with Gasteiger partial charge in [0.1, 0.15) is 17.4 Å². The summed E-state index contributed by atoms with van der Waals surface area (Å²) in [6.07, 6.45) is 9.40. The summed E-state index contributed by atoms with van der Waals surface area (Å²) in [6.45, 7) is 1.91. The van der Waals surface area contributed by atoms with E-state index in [0.29, 0.717) is 24.8 Å². The fraction of sp³-hybridized carbons (Fsp3) is 0.871. The topological polar surface area (TPSA) is 74.6 Å². The van der Waals surface area contributed by atoms with Crippen LogP contribution in [0.4, 0.5) is 0 Å². The molecule has 4 aliphatic carbocycles. The van der Waals surface area contributed by atoms with Gasteiger partial charge in [0.05, 0.1) is 20.1 Å². The molecule has 5 nitrogen and oxygen atoms in total. The molecule has 67 heavy (non-hydrogen) atoms. The zero-order chi connectivity index (χ0) is 18.3. The molecular formula is C62H190NO4+. The molecule has 0 radical (unpaired) electrons. The van der Waals surface area contributed by atoms with Gasteiger partial charge in [-0.3, -0.25) is 9.59 Å². The van der Waals surface area contributed by atoms with Crippen molar-refractivity contribution >= 4 is 11.6 Å². The van der Waals surface area contributed by atoms with Crippen molar-refractivity contribution in [3.8, 4) is 0 Å². The van der Waals surface area contributed by atoms with Crippen LogP contribution in [-0.2, 0) is 9.59 Å². The maximum Gasteiger partial charge on any atom is 0.220 e. The normalized spacial score (nSPS) is 17.3. The van der Waals surface area contributed by atoms with Crippen molar-refractivity contribution in [2.24, 2.45) is 11.3 Å². The Labute approximate surface area is 455 Å². The van der Waals surface area contributed by atoms with Gasteiger partial charge in [-0.15, -0.1) is 0 Å². The summed E-state index contributed by atoms with van der Waals surface area (Å²) in [5.74, 6) is 0.151. The molecule has 2 saturated carbocycles. The lowest BCUT2D eigenvalue weighted by atomic mass is 9.48. The number of hydrogen-bond donors (Lipinski definition) is 2. The monoisotopic (exact) mass is 1010 g/mol. The fourth-order valence-corrected chi connectivity index (χ4v) is 6.23. The van der Waals surface area contributed by atoms with Crippen LogP contribution < -0.4 is 0 Å². The minimum atomic E-state index is -1.08. The van der Waals surface area contributed by atoms with Crippen LogP contribution in [0.1, 0.15) is 343 Å². The van der Waals surface area contributed by atoms with Gasteiger partial charge in [-0.2, -0.15) is 0 Å². The van der Waals surface area contributed by atoms with Gasteiger partial charge < -0.3 is 14.7 Å². The van der Waals surface area contributed by atoms with Crippen molar-refractivity contribution in [2.75, 3.05) is 20.1 Å². The molecule has 0 amide bonds. The molecule has 5 aliphatic rings. The molecule has 1 heterocycles. The molecule has 0 spiro atoms. The standard InChI is InChI=1S/C21H25NO4.41CH4/c1-22(12-13-2-3-13)9-8-20-11-15(23)6-7-21(20,26)17(22)10-14-4-5-16(24)19(25)18(14)20;;;;;;;;;;;;;;;;;;;;;;;;;;;;;;;;;;;;;;;;;/h4-5,10,13,17,26H,2-3,6-9,11-12H2,1H3;41*1H4/p+1/t17-,20-,21-,22?;;;;;;;;;;;;;;;;;;;;;;;;;;;;;;;;;;;;;;;;;/m1........................................./s1. The number of carbonyl (C=O) groups is 2. The highest BCUT2D eigenvalue weighted by atomic mass is 16.3. The van der Waals surface area contributed by atoms with Crippen molar-refractivity contribution < 1.29 is 24.3 Å². The molecule has 5 heteroatoms. The van der Waals surface area contributed by atoms with Gasteiger partial charge in [-0.1, -0.05) is 311 Å². The third-order valence-electron chi connectivity index (χ3n) is 7.68. The number of allylic oxidation sites excluding steroid dienone is 3. The van der Waals surface area contributed by atoms with E-state index in [4.69, 9.17) is 0 Å². The molecule has 2 bridgehead atoms. The molecule has 1 unspecified atom stereocenters. The number of hydrogen-bond acceptors (Lipinski definition) is 4. The number of Topliss-reactive ketones (excluding diaryl/α,β-unsaturated/α-hetero) is 1. The number of fused-ring (bicyclic) bond motifs is 1. The molecule has 1 aliphatic heterocycles. The number of rotatable bonds is 2. The number of nitrogens with zero attached hydrogens (tertiary/aromatic N) is 1. The van der Waals surface area contributed by atoms with Gasteiger partial charge in [0.15, 0.2) is 5.76 Å². The Morgan fingerprint density at radius 3 is 1.07 bits per heavy atom. The van der Waals surface area contributed by atoms with Gasteiger partial charge in [0.2, 0.25) is 5.78 Å². The SMILES string of the molecule is C.C.C.C.C.C.C.C.C.C.C.C.C.C.C.C.C.C.C.C.C.C.C.C.C.C.C.C.C.C.C.C.C.C.C.C.C.C.C.C.C.C[N+]1(CC2CC2)CC[C@]23CC(=O)CC[C@@]2(O)[C@H]1C=C1C=CC(=O)C(O)=C13. The molecule has 0 aromatic rings. The second-order valence-electron chi connectivity index (χ2n) is 9.29. The second-order valence-corrected chi connectivity index (χ2v) is 9.29. The Balaban J connectivity index is -0.00000000627. The predicted octanol–water partition coefficient (Wildman–Crippen LogP) is 28.1. The van der Waals surface area contributed by atoms with Crippen molar-refractivity contribution in [3.63, 3.8) is 0 Å². The molecular weight excluding hydrogens is 823 g/mol. The lowest BCUT2D eigenvalue weighted by Crippen LogP contribution is -2.76. The molecule has 3 fully saturated rings. The van der Waals surface area contributed by atoms with Crippen LogP contribution in [0.25, 0.3) is 0 Å². The third-order valence-corrected chi connectivity index (χ3v) is 7.68. The molecule has 2 N–H and O–H groups in total. The number of carbonyl (C=O) groups excluding carboxylic acids is 2. The van der Waals surface area contributed by atoms with Gasteiger partial charge in [0.25, 0.3) is 0 Å². The van der Waals surface area contributed by atoms with Crippen molar-refractivity contribution in [2.45, 2.75) is 355 Å². The summed E-state index contributed by atoms with van der Waals surface area (Å²) in [6, 6.07) is -0.102. The third kappa shape index (κ3) is 47.7. The van der Waals surface area contributed by atoms with Gasteiger partial charge >= 0.3 is 0 Å². The Hall–Kier alpha value is -1.72. The Morgan fingerprint density at radius 1 is 0.493 bits per heavy atom. The van der Waals surface area contributed by atoms with E-state index >= 15 is 0 Å². The minimum Gasteiger partial charge on any atom is -0.504 e. The Morgan fingerprint density at radius 2 is 0.791 bits per heavy atom. The zero-order valence-corrected chi connectivity index (χ0v) is 15.2. The van der Waals surface area contributed by atoms with Crippen LogP contribution in [0.5, 0.6) is 0 Å². The van der Waals surface area contributed by atoms with Gasteiger partial charge in [-0.25, -0.2) is 0 Å². The molecule has 466 valence electrons. The number of likely N-dealkylation sites (tertiary alicyclic amines) is 1. The Bertz CT molecular complexity index is 827. The largest absolute Gasteiger partial charge is 0.504 e. The molecule has 1 saturated heterocycles. The molecule has 4 atom stereocenters. The van der Waals surface area contributed by atoms with Crippen LogP contribution in [0.3, 0.4) is 0 Å². The number of quaternary nitrogens is 1. The minimum absolute atomic E-state index is 0. The van der Waals surface area contributed by atoms with E-state index in [1.54, 1.807) is 6.08 Å². The Kier molecular flexibility index (Phi) is 556. The maximum atomic E-state index is 12.4. The summed E-state index contributed by atoms with van der Waals surface area (Å²) in [5.41, 5.74) is -0.565. The first-order valence-corrected chi connectivity index (χ1v) is 9.76. The van der Waals surface area contributed by atoms with E-state index in [1.165, 1.54) is 18.9 Å². The van der Waals surface area contributed by atoms with E-state index in [9.17, 15) is 19.8 Å². The predicted molar refractivity (Wildman–Crippen MR) is 371 cm³/mol. The van der Waals surface area contributed by atoms with Crippen molar-refractivity contribution in [1.82, 2.24) is 0 Å². The average molecular weight is 1010 g/mol. The average Bonchev–Trinajstić information content (AvgIpc) is 3.39. The summed E-state index contributed by atoms with van der Waals surface area (Å²) in [4.78, 5) is 24.6. The molecule has 0 aromatic carbocycles. The van der Waals surface area contributed by atoms with E-state index in [2.05, 4.69) is 13.1 Å². The lowest BCUT2D eigenvalue weighted by Gasteiger charge is -2.64. The number of ketones is 2. The number of piperidine rings is 1. The van der Waals surface area contributed by atoms with Crippen molar-refractivity contribution in [1.29, 1.82) is 0 Å². The quantitative estimate of drug-likeness (QED) is 0.270. The highest BCUT2D eigenvalue weighted by molar-refractivity contribution is 6.06. The van der Waals surface area contributed by atoms with E-state index in [1.807, 2.05) is 0 Å². The summed E-state index contributed by atoms with van der Waals surface area (Å²) < 4.78 is 0.788. The smallest absolute Gasteiger partial charge is 0.220 e. The van der Waals surface area contributed by atoms with Gasteiger partial charge in [-0.05, 0) is 37.0 Å². The zero-order valence-electron chi connectivity index (χ0n) is 15.2. The maximum absolute atomic E-state index is 12.4. The summed E-state index contributed by atoms with van der Waals surface area (Å²) in [7, 11) is 2.23. The first-order valence-electron chi connectivity index (χ1n) is 9.76. The first-order chi connectivity index (χ1) is 12.3. The summed E-state index contributed by atoms with van der Waals surface area (Å²) in [5, 5.41) is 22.6. The highest BCUT2D eigenvalue weighted by Gasteiger charge is 2.70. The van der Waals surface area contributed by atoms with Crippen LogP contribution in [0.2, 0.25) is 0 Å². The van der Waals surface area contributed by atoms with Crippen LogP contribution >= 0.6 is 0 Å². The lowest BCUT2D eigenvalue weighted by molar-refractivity contribution is -0.944. The van der Waals surface area contributed by atoms with E-state index < -0.39 is 16.8 Å². The summed E-state index contributed by atoms with van der Waals surface area (Å²) >= 11 is 0. The van der Waals surface area contributed by atoms with Crippen LogP contribution in [0, 0.1) is 11.3 Å². The number of likely N-dealkylation sites (N-methyl/N-ethyl adjacent to an activating group) is 1. The second kappa shape index (κ2) is 110. The number of aliphatic hydroxyl groups is 2. The highest BCUT2D eigenvalue weighted by Crippen LogP contribution is 2.63. The van der Waals surface area contributed by atoms with Gasteiger partial charge in [0, 0.05) is 36.2 Å². The van der Waals surface area contributed by atoms with Crippen molar-refractivity contribution in [3.05, 3.63) is 35.1 Å². The van der Waals surface area contributed by atoms with E-state index in [0.717, 1.165) is 29.1 Å². The first kappa shape index (κ1) is 337. The number of aliphatic hydroxyl groups excluding tert-OH is 1. The van der Waals surface area contributed by atoms with Crippen LogP contribution in [0.15, 0.2) is 35.1 Å².